The minimum Gasteiger partial charge on any atom is -0.369 e. The Labute approximate surface area is 160 Å². The zero-order valence-corrected chi connectivity index (χ0v) is 15.6. The summed E-state index contributed by atoms with van der Waals surface area (Å²) >= 11 is 1.55. The summed E-state index contributed by atoms with van der Waals surface area (Å²) in [5, 5.41) is 14.3. The van der Waals surface area contributed by atoms with Crippen LogP contribution in [0.5, 0.6) is 0 Å². The van der Waals surface area contributed by atoms with Gasteiger partial charge in [-0.15, -0.1) is 10.2 Å². The van der Waals surface area contributed by atoms with Gasteiger partial charge < -0.3 is 4.90 Å². The number of pyridine rings is 1. The van der Waals surface area contributed by atoms with Gasteiger partial charge in [0.2, 0.25) is 4.96 Å². The van der Waals surface area contributed by atoms with Gasteiger partial charge in [-0.25, -0.2) is 0 Å². The highest BCUT2D eigenvalue weighted by Crippen LogP contribution is 2.25. The number of anilines is 1. The van der Waals surface area contributed by atoms with E-state index in [1.165, 1.54) is 5.69 Å². The molecule has 8 heteroatoms. The second-order valence-corrected chi connectivity index (χ2v) is 7.51. The topological polar surface area (TPSA) is 62.5 Å². The number of rotatable bonds is 4. The van der Waals surface area contributed by atoms with Gasteiger partial charge in [0.15, 0.2) is 5.82 Å². The fourth-order valence-corrected chi connectivity index (χ4v) is 4.23. The molecule has 3 aromatic heterocycles. The third-order valence-electron chi connectivity index (χ3n) is 4.84. The molecular formula is C19H19N7S. The zero-order chi connectivity index (χ0) is 18.1. The van der Waals surface area contributed by atoms with Crippen LogP contribution in [0, 0.1) is 0 Å². The number of para-hydroxylation sites is 1. The van der Waals surface area contributed by atoms with Gasteiger partial charge >= 0.3 is 0 Å². The lowest BCUT2D eigenvalue weighted by Gasteiger charge is -2.35. The molecule has 4 heterocycles. The third kappa shape index (κ3) is 3.29. The first-order valence-corrected chi connectivity index (χ1v) is 9.82. The molecule has 1 aromatic carbocycles. The summed E-state index contributed by atoms with van der Waals surface area (Å²) in [4.78, 5) is 9.75. The highest BCUT2D eigenvalue weighted by atomic mass is 32.1. The van der Waals surface area contributed by atoms with Gasteiger partial charge in [0.1, 0.15) is 5.01 Å². The summed E-state index contributed by atoms with van der Waals surface area (Å²) in [6.07, 6.45) is 3.57. The van der Waals surface area contributed by atoms with Crippen molar-refractivity contribution in [2.75, 3.05) is 31.1 Å². The van der Waals surface area contributed by atoms with Crippen LogP contribution in [-0.4, -0.2) is 55.9 Å². The second kappa shape index (κ2) is 7.05. The van der Waals surface area contributed by atoms with Gasteiger partial charge in [-0.3, -0.25) is 9.88 Å². The minimum absolute atomic E-state index is 0.767. The van der Waals surface area contributed by atoms with Crippen LogP contribution < -0.4 is 4.90 Å². The van der Waals surface area contributed by atoms with Crippen LogP contribution in [0.2, 0.25) is 0 Å². The molecule has 1 saturated heterocycles. The number of nitrogens with zero attached hydrogens (tertiary/aromatic N) is 7. The standard InChI is InChI=1S/C19H19N7S/c1-2-4-16(5-3-1)25-12-10-24(11-13-25)14-17-21-22-19-26(17)23-18(27-19)15-6-8-20-9-7-15/h1-9H,10-14H2. The molecule has 0 bridgehead atoms. The van der Waals surface area contributed by atoms with Gasteiger partial charge in [0.05, 0.1) is 6.54 Å². The molecular weight excluding hydrogens is 358 g/mol. The monoisotopic (exact) mass is 377 g/mol. The molecule has 0 spiro atoms. The SMILES string of the molecule is c1ccc(N2CCN(Cc3nnc4sc(-c5ccncc5)nn34)CC2)cc1. The molecule has 27 heavy (non-hydrogen) atoms. The number of piperazine rings is 1. The van der Waals surface area contributed by atoms with E-state index in [0.29, 0.717) is 0 Å². The first-order valence-electron chi connectivity index (χ1n) is 9.01. The van der Waals surface area contributed by atoms with Crippen molar-refractivity contribution in [3.8, 4) is 10.6 Å². The first kappa shape index (κ1) is 16.3. The Hall–Kier alpha value is -2.84. The average Bonchev–Trinajstić information content (AvgIpc) is 3.32. The zero-order valence-electron chi connectivity index (χ0n) is 14.8. The summed E-state index contributed by atoms with van der Waals surface area (Å²) in [5.74, 6) is 0.898. The summed E-state index contributed by atoms with van der Waals surface area (Å²) in [6, 6.07) is 14.5. The largest absolute Gasteiger partial charge is 0.369 e. The molecule has 4 aromatic rings. The van der Waals surface area contributed by atoms with E-state index in [4.69, 9.17) is 5.10 Å². The minimum atomic E-state index is 0.767. The van der Waals surface area contributed by atoms with E-state index in [1.54, 1.807) is 23.7 Å². The smallest absolute Gasteiger partial charge is 0.235 e. The van der Waals surface area contributed by atoms with Gasteiger partial charge in [0.25, 0.3) is 0 Å². The summed E-state index contributed by atoms with van der Waals surface area (Å²) in [6.45, 7) is 4.82. The lowest BCUT2D eigenvalue weighted by Crippen LogP contribution is -2.46. The van der Waals surface area contributed by atoms with Gasteiger partial charge in [-0.05, 0) is 24.3 Å². The van der Waals surface area contributed by atoms with Gasteiger partial charge in [-0.1, -0.05) is 29.5 Å². The van der Waals surface area contributed by atoms with Crippen molar-refractivity contribution in [3.05, 3.63) is 60.7 Å². The second-order valence-electron chi connectivity index (χ2n) is 6.55. The summed E-state index contributed by atoms with van der Waals surface area (Å²) in [7, 11) is 0. The quantitative estimate of drug-likeness (QED) is 0.545. The van der Waals surface area contributed by atoms with Crippen molar-refractivity contribution in [1.82, 2.24) is 29.7 Å². The number of fused-ring (bicyclic) bond motifs is 1. The van der Waals surface area contributed by atoms with E-state index >= 15 is 0 Å². The highest BCUT2D eigenvalue weighted by Gasteiger charge is 2.20. The first-order chi connectivity index (χ1) is 13.4. The van der Waals surface area contributed by atoms with Crippen molar-refractivity contribution in [1.29, 1.82) is 0 Å². The van der Waals surface area contributed by atoms with Gasteiger partial charge in [0, 0.05) is 49.8 Å². The van der Waals surface area contributed by atoms with Crippen molar-refractivity contribution >= 4 is 22.0 Å². The molecule has 0 atom stereocenters. The fourth-order valence-electron chi connectivity index (χ4n) is 3.37. The lowest BCUT2D eigenvalue weighted by molar-refractivity contribution is 0.242. The number of aromatic nitrogens is 5. The van der Waals surface area contributed by atoms with E-state index in [0.717, 1.165) is 54.1 Å². The Morgan fingerprint density at radius 1 is 0.889 bits per heavy atom. The molecule has 0 amide bonds. The Kier molecular flexibility index (Phi) is 4.27. The maximum absolute atomic E-state index is 4.72. The Balaban J connectivity index is 1.29. The predicted octanol–water partition coefficient (Wildman–Crippen LogP) is 2.57. The Morgan fingerprint density at radius 2 is 1.67 bits per heavy atom. The number of benzene rings is 1. The molecule has 136 valence electrons. The number of hydrogen-bond acceptors (Lipinski definition) is 7. The molecule has 0 saturated carbocycles. The third-order valence-corrected chi connectivity index (χ3v) is 5.79. The average molecular weight is 377 g/mol. The van der Waals surface area contributed by atoms with E-state index < -0.39 is 0 Å². The van der Waals surface area contributed by atoms with Crippen LogP contribution >= 0.6 is 11.3 Å². The molecule has 1 aliphatic heterocycles. The van der Waals surface area contributed by atoms with Crippen LogP contribution in [0.15, 0.2) is 54.9 Å². The molecule has 0 radical (unpaired) electrons. The van der Waals surface area contributed by atoms with Crippen molar-refractivity contribution in [2.24, 2.45) is 0 Å². The maximum Gasteiger partial charge on any atom is 0.235 e. The van der Waals surface area contributed by atoms with Crippen LogP contribution in [-0.2, 0) is 6.54 Å². The molecule has 1 aliphatic rings. The van der Waals surface area contributed by atoms with E-state index in [9.17, 15) is 0 Å². The molecule has 1 fully saturated rings. The Morgan fingerprint density at radius 3 is 2.44 bits per heavy atom. The van der Waals surface area contributed by atoms with Gasteiger partial charge in [-0.2, -0.15) is 9.61 Å². The van der Waals surface area contributed by atoms with Crippen molar-refractivity contribution in [2.45, 2.75) is 6.54 Å². The van der Waals surface area contributed by atoms with E-state index in [-0.39, 0.29) is 0 Å². The molecule has 0 aliphatic carbocycles. The molecule has 0 unspecified atom stereocenters. The van der Waals surface area contributed by atoms with Crippen LogP contribution in [0.25, 0.3) is 15.5 Å². The van der Waals surface area contributed by atoms with E-state index in [1.807, 2.05) is 16.6 Å². The van der Waals surface area contributed by atoms with Crippen LogP contribution in [0.1, 0.15) is 5.82 Å². The summed E-state index contributed by atoms with van der Waals surface area (Å²) in [5.41, 5.74) is 2.35. The molecule has 7 nitrogen and oxygen atoms in total. The lowest BCUT2D eigenvalue weighted by atomic mass is 10.2. The molecule has 5 rings (SSSR count). The maximum atomic E-state index is 4.72. The van der Waals surface area contributed by atoms with Crippen LogP contribution in [0.3, 0.4) is 0 Å². The predicted molar refractivity (Wildman–Crippen MR) is 106 cm³/mol. The number of hydrogen-bond donors (Lipinski definition) is 0. The Bertz CT molecular complexity index is 1020. The van der Waals surface area contributed by atoms with Crippen LogP contribution in [0.4, 0.5) is 5.69 Å². The van der Waals surface area contributed by atoms with Crippen molar-refractivity contribution < 1.29 is 0 Å². The molecule has 0 N–H and O–H groups in total. The highest BCUT2D eigenvalue weighted by molar-refractivity contribution is 7.19. The normalized spacial score (nSPS) is 15.5. The van der Waals surface area contributed by atoms with E-state index in [2.05, 4.69) is 55.3 Å². The fraction of sp³-hybridized carbons (Fsp3) is 0.263. The summed E-state index contributed by atoms with van der Waals surface area (Å²) < 4.78 is 1.88. The van der Waals surface area contributed by atoms with Crippen molar-refractivity contribution in [3.63, 3.8) is 0 Å².